The van der Waals surface area contributed by atoms with Gasteiger partial charge in [0.1, 0.15) is 0 Å². The SMILES string of the molecule is Cc1cc(-n2c3ccccc3c3ccccc32)ccc1-c1ccc(-c2nc(-c3ccc(-c4ccc(-n5c6ccccc6c6ccccc65)cc4C)cc3)nc(-c3ccc(-c4ccc(-n5c6ccccc6c6ccccc65)cc4C)cc3)n2)cc1. The summed E-state index contributed by atoms with van der Waals surface area (Å²) in [6, 6.07) is 98.3. The van der Waals surface area contributed by atoms with Gasteiger partial charge in [-0.3, -0.25) is 0 Å². The second-order valence-corrected chi connectivity index (χ2v) is 22.1. The fraction of sp³-hybridized carbons (Fsp3) is 0.0385. The number of rotatable bonds is 9. The van der Waals surface area contributed by atoms with Crippen molar-refractivity contribution in [2.75, 3.05) is 0 Å². The van der Waals surface area contributed by atoms with Gasteiger partial charge in [-0.2, -0.15) is 0 Å². The Balaban J connectivity index is 0.741. The molecule has 0 spiro atoms. The molecule has 6 nitrogen and oxygen atoms in total. The third-order valence-electron chi connectivity index (χ3n) is 17.1. The largest absolute Gasteiger partial charge is 0.309 e. The second kappa shape index (κ2) is 19.7. The number of hydrogen-bond donors (Lipinski definition) is 0. The second-order valence-electron chi connectivity index (χ2n) is 22.1. The van der Waals surface area contributed by atoms with Crippen LogP contribution >= 0.6 is 0 Å². The zero-order valence-corrected chi connectivity index (χ0v) is 46.7. The van der Waals surface area contributed by atoms with Crippen LogP contribution in [0.25, 0.3) is 150 Å². The van der Waals surface area contributed by atoms with Crippen molar-refractivity contribution in [2.24, 2.45) is 0 Å². The summed E-state index contributed by atoms with van der Waals surface area (Å²) >= 11 is 0. The number of nitrogens with zero attached hydrogens (tertiary/aromatic N) is 6. The summed E-state index contributed by atoms with van der Waals surface area (Å²) in [4.78, 5) is 15.7. The topological polar surface area (TPSA) is 53.5 Å². The van der Waals surface area contributed by atoms with Crippen LogP contribution in [0.15, 0.2) is 273 Å². The highest BCUT2D eigenvalue weighted by Gasteiger charge is 2.19. The van der Waals surface area contributed by atoms with Gasteiger partial charge in [0.15, 0.2) is 17.5 Å². The molecule has 0 radical (unpaired) electrons. The third kappa shape index (κ3) is 8.05. The van der Waals surface area contributed by atoms with Crippen molar-refractivity contribution in [3.63, 3.8) is 0 Å². The summed E-state index contributed by atoms with van der Waals surface area (Å²) in [5.74, 6) is 1.84. The van der Waals surface area contributed by atoms with Gasteiger partial charge in [-0.1, -0.05) is 200 Å². The van der Waals surface area contributed by atoms with Crippen LogP contribution in [-0.2, 0) is 0 Å². The first-order valence-electron chi connectivity index (χ1n) is 28.7. The smallest absolute Gasteiger partial charge is 0.164 e. The van der Waals surface area contributed by atoms with Crippen molar-refractivity contribution >= 4 is 65.4 Å². The van der Waals surface area contributed by atoms with Gasteiger partial charge in [0.2, 0.25) is 0 Å². The predicted molar refractivity (Wildman–Crippen MR) is 350 cm³/mol. The Bertz CT molecular complexity index is 4570. The highest BCUT2D eigenvalue weighted by atomic mass is 15.0. The highest BCUT2D eigenvalue weighted by molar-refractivity contribution is 6.11. The Morgan fingerprint density at radius 2 is 0.417 bits per heavy atom. The van der Waals surface area contributed by atoms with Crippen LogP contribution < -0.4 is 0 Å². The molecule has 0 N–H and O–H groups in total. The molecule has 0 unspecified atom stereocenters. The van der Waals surface area contributed by atoms with Crippen molar-refractivity contribution < 1.29 is 0 Å². The maximum absolute atomic E-state index is 5.23. The van der Waals surface area contributed by atoms with Crippen LogP contribution in [0.2, 0.25) is 0 Å². The molecule has 0 aliphatic heterocycles. The van der Waals surface area contributed by atoms with Gasteiger partial charge in [-0.05, 0) is 144 Å². The predicted octanol–water partition coefficient (Wildman–Crippen LogP) is 20.1. The summed E-state index contributed by atoms with van der Waals surface area (Å²) in [7, 11) is 0. The quantitative estimate of drug-likeness (QED) is 0.145. The van der Waals surface area contributed by atoms with Gasteiger partial charge in [-0.25, -0.2) is 15.0 Å². The van der Waals surface area contributed by atoms with Gasteiger partial charge >= 0.3 is 0 Å². The van der Waals surface area contributed by atoms with Gasteiger partial charge in [0, 0.05) is 66.1 Å². The van der Waals surface area contributed by atoms with Crippen molar-refractivity contribution in [3.05, 3.63) is 290 Å². The Labute approximate surface area is 486 Å². The summed E-state index contributed by atoms with van der Waals surface area (Å²) < 4.78 is 7.12. The van der Waals surface area contributed by atoms with E-state index in [0.717, 1.165) is 50.4 Å². The molecule has 0 fully saturated rings. The van der Waals surface area contributed by atoms with Crippen LogP contribution in [0.3, 0.4) is 0 Å². The average Bonchev–Trinajstić information content (AvgIpc) is 4.29. The zero-order valence-electron chi connectivity index (χ0n) is 46.7. The molecule has 0 saturated heterocycles. The molecule has 4 heterocycles. The number of aryl methyl sites for hydroxylation is 3. The Hall–Kier alpha value is -11.0. The Kier molecular flexibility index (Phi) is 11.4. The molecule has 12 aromatic carbocycles. The van der Waals surface area contributed by atoms with E-state index >= 15 is 0 Å². The maximum Gasteiger partial charge on any atom is 0.164 e. The van der Waals surface area contributed by atoms with Crippen molar-refractivity contribution in [1.82, 2.24) is 28.7 Å². The van der Waals surface area contributed by atoms with E-state index in [1.165, 1.54) is 98.8 Å². The Morgan fingerprint density at radius 3 is 0.631 bits per heavy atom. The molecule has 84 heavy (non-hydrogen) atoms. The summed E-state index contributed by atoms with van der Waals surface area (Å²) in [6.45, 7) is 6.61. The highest BCUT2D eigenvalue weighted by Crippen LogP contribution is 2.39. The molecule has 0 aliphatic rings. The zero-order chi connectivity index (χ0) is 56.0. The minimum absolute atomic E-state index is 0.612. The summed E-state index contributed by atoms with van der Waals surface area (Å²) in [5.41, 5.74) is 23.9. The van der Waals surface area contributed by atoms with Gasteiger partial charge < -0.3 is 13.7 Å². The van der Waals surface area contributed by atoms with E-state index in [0.29, 0.717) is 17.5 Å². The minimum Gasteiger partial charge on any atom is -0.309 e. The lowest BCUT2D eigenvalue weighted by Crippen LogP contribution is -2.00. The number of hydrogen-bond acceptors (Lipinski definition) is 3. The molecule has 0 aliphatic carbocycles. The first-order valence-corrected chi connectivity index (χ1v) is 28.7. The van der Waals surface area contributed by atoms with E-state index in [2.05, 4.69) is 307 Å². The summed E-state index contributed by atoms with van der Waals surface area (Å²) in [6.07, 6.45) is 0. The molecule has 6 heteroatoms. The van der Waals surface area contributed by atoms with E-state index in [4.69, 9.17) is 15.0 Å². The maximum atomic E-state index is 5.23. The molecule has 16 aromatic rings. The lowest BCUT2D eigenvalue weighted by molar-refractivity contribution is 1.07. The summed E-state index contributed by atoms with van der Waals surface area (Å²) in [5, 5.41) is 7.53. The molecule has 16 rings (SSSR count). The lowest BCUT2D eigenvalue weighted by Gasteiger charge is -2.14. The first-order chi connectivity index (χ1) is 41.4. The van der Waals surface area contributed by atoms with E-state index in [1.807, 2.05) is 0 Å². The van der Waals surface area contributed by atoms with Crippen LogP contribution in [0, 0.1) is 20.8 Å². The lowest BCUT2D eigenvalue weighted by atomic mass is 9.98. The van der Waals surface area contributed by atoms with Gasteiger partial charge in [0.05, 0.1) is 33.1 Å². The van der Waals surface area contributed by atoms with Gasteiger partial charge in [0.25, 0.3) is 0 Å². The first kappa shape index (κ1) is 48.9. The van der Waals surface area contributed by atoms with Gasteiger partial charge in [-0.15, -0.1) is 0 Å². The molecule has 396 valence electrons. The number of fused-ring (bicyclic) bond motifs is 9. The van der Waals surface area contributed by atoms with Crippen LogP contribution in [0.4, 0.5) is 0 Å². The molecular formula is C78H54N6. The van der Waals surface area contributed by atoms with Crippen molar-refractivity contribution in [2.45, 2.75) is 20.8 Å². The van der Waals surface area contributed by atoms with Crippen LogP contribution in [-0.4, -0.2) is 28.7 Å². The van der Waals surface area contributed by atoms with Crippen LogP contribution in [0.5, 0.6) is 0 Å². The third-order valence-corrected chi connectivity index (χ3v) is 17.1. The van der Waals surface area contributed by atoms with Crippen molar-refractivity contribution in [1.29, 1.82) is 0 Å². The monoisotopic (exact) mass is 1070 g/mol. The molecule has 0 atom stereocenters. The molecule has 4 aromatic heterocycles. The molecular weight excluding hydrogens is 1020 g/mol. The van der Waals surface area contributed by atoms with Crippen LogP contribution in [0.1, 0.15) is 16.7 Å². The van der Waals surface area contributed by atoms with Crippen molar-refractivity contribution in [3.8, 4) is 84.6 Å². The van der Waals surface area contributed by atoms with E-state index in [-0.39, 0.29) is 0 Å². The number of para-hydroxylation sites is 6. The van der Waals surface area contributed by atoms with E-state index in [9.17, 15) is 0 Å². The standard InChI is InChI=1S/C78H54N6/c1-49-46-58(82-70-22-10-4-16-64(70)65-17-5-11-23-71(65)82)40-43-61(49)52-28-34-55(35-29-52)76-79-77(56-36-30-53(31-37-56)62-44-41-59(47-50(62)2)83-72-24-12-6-18-66(72)67-19-7-13-25-73(67)83)81-78(80-76)57-38-32-54(33-39-57)63-45-42-60(48-51(63)3)84-74-26-14-8-20-68(74)69-21-9-15-27-75(69)84/h4-48H,1-3H3. The average molecular weight is 1080 g/mol. The number of benzene rings is 12. The Morgan fingerprint density at radius 1 is 0.214 bits per heavy atom. The molecule has 0 saturated carbocycles. The number of aromatic nitrogens is 6. The van der Waals surface area contributed by atoms with E-state index < -0.39 is 0 Å². The fourth-order valence-corrected chi connectivity index (χ4v) is 13.1. The van der Waals surface area contributed by atoms with E-state index in [1.54, 1.807) is 0 Å². The minimum atomic E-state index is 0.612. The molecule has 0 amide bonds. The normalized spacial score (nSPS) is 11.8. The molecule has 0 bridgehead atoms. The fourth-order valence-electron chi connectivity index (χ4n) is 13.1.